The number of benzene rings is 2. The Morgan fingerprint density at radius 3 is 2.67 bits per heavy atom. The van der Waals surface area contributed by atoms with Crippen LogP contribution in [0.2, 0.25) is 0 Å². The van der Waals surface area contributed by atoms with Crippen molar-refractivity contribution >= 4 is 5.91 Å². The van der Waals surface area contributed by atoms with Gasteiger partial charge in [0.1, 0.15) is 5.82 Å². The van der Waals surface area contributed by atoms with Crippen LogP contribution in [0.1, 0.15) is 21.5 Å². The lowest BCUT2D eigenvalue weighted by molar-refractivity contribution is 0.0953. The van der Waals surface area contributed by atoms with Crippen molar-refractivity contribution in [3.8, 4) is 0 Å². The van der Waals surface area contributed by atoms with Crippen molar-refractivity contribution in [3.63, 3.8) is 0 Å². The Balaban J connectivity index is 1.93. The first kappa shape index (κ1) is 15.2. The number of carbonyl (C=O) groups is 1. The molecule has 110 valence electrons. The summed E-state index contributed by atoms with van der Waals surface area (Å²) in [5.41, 5.74) is 8.02. The Morgan fingerprint density at radius 1 is 1.10 bits per heavy atom. The third-order valence-electron chi connectivity index (χ3n) is 3.26. The highest BCUT2D eigenvalue weighted by Crippen LogP contribution is 2.09. The first-order valence-electron chi connectivity index (χ1n) is 7.01. The van der Waals surface area contributed by atoms with Gasteiger partial charge in [-0.25, -0.2) is 4.39 Å². The van der Waals surface area contributed by atoms with Crippen LogP contribution in [0.5, 0.6) is 0 Å². The molecule has 3 nitrogen and oxygen atoms in total. The smallest absolute Gasteiger partial charge is 0.251 e. The molecule has 0 bridgehead atoms. The zero-order valence-corrected chi connectivity index (χ0v) is 11.8. The number of hydrogen-bond donors (Lipinski definition) is 2. The minimum atomic E-state index is -0.257. The summed E-state index contributed by atoms with van der Waals surface area (Å²) in [5, 5.41) is 2.86. The van der Waals surface area contributed by atoms with E-state index < -0.39 is 0 Å². The van der Waals surface area contributed by atoms with Crippen LogP contribution < -0.4 is 11.1 Å². The van der Waals surface area contributed by atoms with Gasteiger partial charge in [0.25, 0.3) is 5.91 Å². The molecule has 0 radical (unpaired) electrons. The van der Waals surface area contributed by atoms with Gasteiger partial charge in [0.05, 0.1) is 0 Å². The fourth-order valence-electron chi connectivity index (χ4n) is 2.22. The summed E-state index contributed by atoms with van der Waals surface area (Å²) in [6, 6.07) is 13.8. The van der Waals surface area contributed by atoms with E-state index in [2.05, 4.69) is 5.32 Å². The predicted molar refractivity (Wildman–Crippen MR) is 81.6 cm³/mol. The Labute approximate surface area is 124 Å². The molecule has 0 unspecified atom stereocenters. The van der Waals surface area contributed by atoms with Crippen LogP contribution in [0, 0.1) is 5.82 Å². The van der Waals surface area contributed by atoms with Crippen LogP contribution in [0.15, 0.2) is 48.5 Å². The molecule has 0 fully saturated rings. The monoisotopic (exact) mass is 286 g/mol. The van der Waals surface area contributed by atoms with Gasteiger partial charge in [0, 0.05) is 12.1 Å². The van der Waals surface area contributed by atoms with Gasteiger partial charge in [-0.3, -0.25) is 4.79 Å². The predicted octanol–water partition coefficient (Wildman–Crippen LogP) is 2.30. The number of nitrogens with one attached hydrogen (secondary N) is 1. The molecule has 0 aromatic heterocycles. The summed E-state index contributed by atoms with van der Waals surface area (Å²) in [7, 11) is 0. The maximum absolute atomic E-state index is 13.1. The third kappa shape index (κ3) is 4.39. The molecule has 0 atom stereocenters. The second-order valence-corrected chi connectivity index (χ2v) is 4.83. The van der Waals surface area contributed by atoms with Gasteiger partial charge >= 0.3 is 0 Å². The lowest BCUT2D eigenvalue weighted by atomic mass is 10.0. The number of nitrogens with two attached hydrogens (primary N) is 1. The molecule has 0 saturated carbocycles. The third-order valence-corrected chi connectivity index (χ3v) is 3.26. The normalized spacial score (nSPS) is 10.4. The van der Waals surface area contributed by atoms with Gasteiger partial charge in [0.15, 0.2) is 0 Å². The molecule has 3 N–H and O–H groups in total. The molecule has 2 aromatic carbocycles. The molecule has 1 amide bonds. The number of hydrogen-bond acceptors (Lipinski definition) is 2. The number of halogens is 1. The second kappa shape index (κ2) is 7.55. The van der Waals surface area contributed by atoms with Crippen molar-refractivity contribution in [1.29, 1.82) is 0 Å². The van der Waals surface area contributed by atoms with Crippen molar-refractivity contribution in [3.05, 3.63) is 71.0 Å². The first-order chi connectivity index (χ1) is 10.2. The van der Waals surface area contributed by atoms with E-state index in [1.807, 2.05) is 24.3 Å². The molecule has 2 aromatic rings. The SMILES string of the molecule is NCCc1ccccc1C(=O)NCCc1cccc(F)c1. The maximum atomic E-state index is 13.1. The topological polar surface area (TPSA) is 55.1 Å². The molecule has 0 aliphatic heterocycles. The average molecular weight is 286 g/mol. The molecule has 0 saturated heterocycles. The van der Waals surface area contributed by atoms with Crippen LogP contribution in [0.4, 0.5) is 4.39 Å². The fourth-order valence-corrected chi connectivity index (χ4v) is 2.22. The van der Waals surface area contributed by atoms with Gasteiger partial charge in [-0.1, -0.05) is 30.3 Å². The van der Waals surface area contributed by atoms with Crippen LogP contribution in [-0.2, 0) is 12.8 Å². The van der Waals surface area contributed by atoms with E-state index in [4.69, 9.17) is 5.73 Å². The molecular weight excluding hydrogens is 267 g/mol. The zero-order valence-electron chi connectivity index (χ0n) is 11.8. The minimum absolute atomic E-state index is 0.115. The van der Waals surface area contributed by atoms with Gasteiger partial charge < -0.3 is 11.1 Å². The zero-order chi connectivity index (χ0) is 15.1. The van der Waals surface area contributed by atoms with E-state index >= 15 is 0 Å². The quantitative estimate of drug-likeness (QED) is 0.856. The van der Waals surface area contributed by atoms with E-state index in [-0.39, 0.29) is 11.7 Å². The summed E-state index contributed by atoms with van der Waals surface area (Å²) in [4.78, 5) is 12.2. The number of carbonyl (C=O) groups excluding carboxylic acids is 1. The maximum Gasteiger partial charge on any atom is 0.251 e. The van der Waals surface area contributed by atoms with E-state index in [9.17, 15) is 9.18 Å². The average Bonchev–Trinajstić information content (AvgIpc) is 2.48. The van der Waals surface area contributed by atoms with Crippen LogP contribution in [0.3, 0.4) is 0 Å². The Hall–Kier alpha value is -2.20. The van der Waals surface area contributed by atoms with Crippen LogP contribution in [-0.4, -0.2) is 19.0 Å². The molecular formula is C17H19FN2O. The van der Waals surface area contributed by atoms with Crippen molar-refractivity contribution in [2.75, 3.05) is 13.1 Å². The lowest BCUT2D eigenvalue weighted by Gasteiger charge is -2.09. The second-order valence-electron chi connectivity index (χ2n) is 4.83. The van der Waals surface area contributed by atoms with Gasteiger partial charge in [-0.15, -0.1) is 0 Å². The van der Waals surface area contributed by atoms with Crippen molar-refractivity contribution < 1.29 is 9.18 Å². The van der Waals surface area contributed by atoms with Crippen molar-refractivity contribution in [1.82, 2.24) is 5.32 Å². The van der Waals surface area contributed by atoms with E-state index in [0.29, 0.717) is 31.5 Å². The summed E-state index contributed by atoms with van der Waals surface area (Å²) in [5.74, 6) is -0.373. The molecule has 0 heterocycles. The lowest BCUT2D eigenvalue weighted by Crippen LogP contribution is -2.27. The van der Waals surface area contributed by atoms with E-state index in [1.54, 1.807) is 12.1 Å². The van der Waals surface area contributed by atoms with Gasteiger partial charge in [0.2, 0.25) is 0 Å². The van der Waals surface area contributed by atoms with Gasteiger partial charge in [-0.05, 0) is 48.7 Å². The van der Waals surface area contributed by atoms with Crippen molar-refractivity contribution in [2.45, 2.75) is 12.8 Å². The summed E-state index contributed by atoms with van der Waals surface area (Å²) in [6.45, 7) is 0.979. The van der Waals surface area contributed by atoms with Crippen molar-refractivity contribution in [2.24, 2.45) is 5.73 Å². The highest BCUT2D eigenvalue weighted by atomic mass is 19.1. The number of amides is 1. The highest BCUT2D eigenvalue weighted by molar-refractivity contribution is 5.95. The van der Waals surface area contributed by atoms with Gasteiger partial charge in [-0.2, -0.15) is 0 Å². The van der Waals surface area contributed by atoms with E-state index in [0.717, 1.165) is 11.1 Å². The Bertz CT molecular complexity index is 613. The summed E-state index contributed by atoms with van der Waals surface area (Å²) < 4.78 is 13.1. The largest absolute Gasteiger partial charge is 0.352 e. The Kier molecular flexibility index (Phi) is 5.46. The van der Waals surface area contributed by atoms with Crippen LogP contribution in [0.25, 0.3) is 0 Å². The first-order valence-corrected chi connectivity index (χ1v) is 7.01. The molecule has 0 aliphatic rings. The number of rotatable bonds is 6. The molecule has 0 spiro atoms. The molecule has 0 aliphatic carbocycles. The molecule has 21 heavy (non-hydrogen) atoms. The highest BCUT2D eigenvalue weighted by Gasteiger charge is 2.09. The summed E-state index contributed by atoms with van der Waals surface area (Å²) in [6.07, 6.45) is 1.27. The molecule has 4 heteroatoms. The minimum Gasteiger partial charge on any atom is -0.352 e. The standard InChI is InChI=1S/C17H19FN2O/c18-15-6-3-4-13(12-15)9-11-20-17(21)16-7-2-1-5-14(16)8-10-19/h1-7,12H,8-11,19H2,(H,20,21). The van der Waals surface area contributed by atoms with E-state index in [1.165, 1.54) is 12.1 Å². The molecule has 2 rings (SSSR count). The van der Waals surface area contributed by atoms with Crippen LogP contribution >= 0.6 is 0 Å². The summed E-state index contributed by atoms with van der Waals surface area (Å²) >= 11 is 0. The Morgan fingerprint density at radius 2 is 1.90 bits per heavy atom. The fraction of sp³-hybridized carbons (Fsp3) is 0.235.